The van der Waals surface area contributed by atoms with E-state index in [4.69, 9.17) is 29.4 Å². The second-order valence-electron chi connectivity index (χ2n) is 11.8. The Kier molecular flexibility index (Phi) is 9.80. The molecule has 4 atom stereocenters. The van der Waals surface area contributed by atoms with Gasteiger partial charge in [0.25, 0.3) is 0 Å². The molecule has 0 radical (unpaired) electrons. The third-order valence-corrected chi connectivity index (χ3v) is 8.45. The Labute approximate surface area is 301 Å². The summed E-state index contributed by atoms with van der Waals surface area (Å²) in [5, 5.41) is 11.6. The van der Waals surface area contributed by atoms with Crippen molar-refractivity contribution in [2.24, 2.45) is 0 Å². The van der Waals surface area contributed by atoms with Crippen LogP contribution in [0.3, 0.4) is 0 Å². The Morgan fingerprint density at radius 2 is 1.15 bits per heavy atom. The maximum Gasteiger partial charge on any atom is 0.338 e. The second kappa shape index (κ2) is 15.1. The zero-order chi connectivity index (χ0) is 36.8. The molecule has 2 N–H and O–H groups in total. The van der Waals surface area contributed by atoms with Crippen molar-refractivity contribution >= 4 is 40.9 Å². The molecule has 3 heterocycles. The molecule has 0 aliphatic carbocycles. The van der Waals surface area contributed by atoms with E-state index in [9.17, 15) is 19.2 Å². The number of carbonyl (C=O) groups excluding carboxylic acids is 4. The molecule has 7 rings (SSSR count). The normalized spacial score (nSPS) is 19.3. The largest absolute Gasteiger partial charge is 0.459 e. The predicted octanol–water partition coefficient (Wildman–Crippen LogP) is 4.02. The van der Waals surface area contributed by atoms with Gasteiger partial charge in [0.1, 0.15) is 19.3 Å². The number of carbonyl (C=O) groups is 4. The van der Waals surface area contributed by atoms with E-state index >= 15 is 0 Å². The van der Waals surface area contributed by atoms with Crippen molar-refractivity contribution in [1.29, 1.82) is 0 Å². The van der Waals surface area contributed by atoms with Gasteiger partial charge >= 0.3 is 23.9 Å². The summed E-state index contributed by atoms with van der Waals surface area (Å²) in [6, 6.07) is 32.6. The number of hydrogen-bond donors (Lipinski definition) is 1. The molecule has 15 nitrogen and oxygen atoms in total. The number of hydrogen-bond acceptors (Lipinski definition) is 14. The minimum atomic E-state index is -2.09. The van der Waals surface area contributed by atoms with Crippen LogP contribution in [0.25, 0.3) is 11.2 Å². The number of anilines is 1. The van der Waals surface area contributed by atoms with Crippen molar-refractivity contribution in [1.82, 2.24) is 25.0 Å². The molecule has 2 unspecified atom stereocenters. The third kappa shape index (κ3) is 7.13. The van der Waals surface area contributed by atoms with Gasteiger partial charge in [-0.25, -0.2) is 24.2 Å². The molecule has 1 fully saturated rings. The van der Waals surface area contributed by atoms with Gasteiger partial charge in [0, 0.05) is 0 Å². The minimum Gasteiger partial charge on any atom is -0.459 e. The first-order valence-corrected chi connectivity index (χ1v) is 16.3. The average Bonchev–Trinajstić information content (AvgIpc) is 3.77. The van der Waals surface area contributed by atoms with Crippen molar-refractivity contribution in [3.8, 4) is 0 Å². The number of ether oxygens (including phenoxy) is 5. The monoisotopic (exact) mass is 714 g/mol. The topological polar surface area (TPSA) is 197 Å². The Bertz CT molecular complexity index is 2240. The highest BCUT2D eigenvalue weighted by molar-refractivity contribution is 5.91. The van der Waals surface area contributed by atoms with Crippen LogP contribution >= 0.6 is 0 Å². The van der Waals surface area contributed by atoms with Gasteiger partial charge in [-0.15, -0.1) is 10.2 Å². The molecule has 4 aromatic carbocycles. The molecule has 1 aliphatic heterocycles. The lowest BCUT2D eigenvalue weighted by molar-refractivity contribution is -0.172. The zero-order valence-electron chi connectivity index (χ0n) is 27.8. The molecule has 266 valence electrons. The number of nitrogens with zero attached hydrogens (tertiary/aromatic N) is 5. The van der Waals surface area contributed by atoms with E-state index in [2.05, 4.69) is 20.4 Å². The SMILES string of the molecule is Nc1nnnc2c1ncn2[C@]1(COC(=O)c2ccccc2)O[C@H](COC(=O)c2ccccc2)C(OC(=O)c2ccccc2)C1OC(=O)c1ccccc1. The maximum absolute atomic E-state index is 13.9. The van der Waals surface area contributed by atoms with Gasteiger partial charge in [-0.05, 0) is 53.7 Å². The van der Waals surface area contributed by atoms with Gasteiger partial charge in [-0.3, -0.25) is 4.57 Å². The lowest BCUT2D eigenvalue weighted by Gasteiger charge is -2.35. The molecule has 15 heteroatoms. The summed E-state index contributed by atoms with van der Waals surface area (Å²) in [6.07, 6.45) is -3.16. The molecule has 0 bridgehead atoms. The fourth-order valence-electron chi connectivity index (χ4n) is 5.87. The van der Waals surface area contributed by atoms with E-state index < -0.39 is 61.1 Å². The number of aromatic nitrogens is 5. The fourth-order valence-corrected chi connectivity index (χ4v) is 5.87. The molecular formula is C38H30N6O9. The van der Waals surface area contributed by atoms with E-state index in [0.717, 1.165) is 0 Å². The van der Waals surface area contributed by atoms with Crippen LogP contribution in [0.5, 0.6) is 0 Å². The molecule has 2 aromatic heterocycles. The number of nitrogens with two attached hydrogens (primary N) is 1. The highest BCUT2D eigenvalue weighted by atomic mass is 16.7. The first kappa shape index (κ1) is 34.4. The lowest BCUT2D eigenvalue weighted by atomic mass is 10.0. The van der Waals surface area contributed by atoms with Gasteiger partial charge in [-0.2, -0.15) is 0 Å². The van der Waals surface area contributed by atoms with Gasteiger partial charge in [0.15, 0.2) is 29.2 Å². The minimum absolute atomic E-state index is 0.00378. The van der Waals surface area contributed by atoms with Crippen molar-refractivity contribution in [3.05, 3.63) is 150 Å². The van der Waals surface area contributed by atoms with Crippen LogP contribution in [0.4, 0.5) is 5.82 Å². The van der Waals surface area contributed by atoms with Gasteiger partial charge in [0.05, 0.1) is 28.6 Å². The first-order chi connectivity index (χ1) is 25.8. The van der Waals surface area contributed by atoms with Crippen molar-refractivity contribution in [3.63, 3.8) is 0 Å². The summed E-state index contributed by atoms with van der Waals surface area (Å²) in [7, 11) is 0. The lowest BCUT2D eigenvalue weighted by Crippen LogP contribution is -2.52. The van der Waals surface area contributed by atoms with E-state index in [1.54, 1.807) is 97.1 Å². The number of fused-ring (bicyclic) bond motifs is 1. The van der Waals surface area contributed by atoms with Crippen LogP contribution in [0.15, 0.2) is 128 Å². The highest BCUT2D eigenvalue weighted by Gasteiger charge is 2.62. The van der Waals surface area contributed by atoms with E-state index in [1.807, 2.05) is 0 Å². The van der Waals surface area contributed by atoms with Crippen LogP contribution in [-0.2, 0) is 29.4 Å². The standard InChI is InChI=1S/C38H30N6O9/c39-32-29-33(42-43-41-32)44(23-40-29)38(22-50-35(46)25-15-7-2-8-16-25)31(52-37(48)27-19-11-4-12-20-27)30(51-36(47)26-17-9-3-10-18-26)28(53-38)21-49-34(45)24-13-5-1-6-14-24/h1-20,23,28,30-31H,21-22H2,(H2,39,41,42)/t28-,30?,31?,38-/m1/s1. The summed E-state index contributed by atoms with van der Waals surface area (Å²) in [5.41, 5.74) is 4.89. The van der Waals surface area contributed by atoms with Crippen molar-refractivity contribution < 1.29 is 42.9 Å². The zero-order valence-corrected chi connectivity index (χ0v) is 27.8. The number of esters is 4. The van der Waals surface area contributed by atoms with Gasteiger partial charge in [0.2, 0.25) is 5.72 Å². The van der Waals surface area contributed by atoms with Gasteiger partial charge in [-0.1, -0.05) is 72.8 Å². The maximum atomic E-state index is 13.9. The first-order valence-electron chi connectivity index (χ1n) is 16.3. The van der Waals surface area contributed by atoms with Crippen LogP contribution in [0, 0.1) is 0 Å². The van der Waals surface area contributed by atoms with Crippen LogP contribution in [0.1, 0.15) is 41.4 Å². The highest BCUT2D eigenvalue weighted by Crippen LogP contribution is 2.42. The van der Waals surface area contributed by atoms with Crippen LogP contribution < -0.4 is 5.73 Å². The quantitative estimate of drug-likeness (QED) is 0.149. The van der Waals surface area contributed by atoms with Crippen molar-refractivity contribution in [2.75, 3.05) is 18.9 Å². The number of nitrogen functional groups attached to an aromatic ring is 1. The predicted molar refractivity (Wildman–Crippen MR) is 185 cm³/mol. The van der Waals surface area contributed by atoms with E-state index in [1.165, 1.54) is 35.2 Å². The van der Waals surface area contributed by atoms with Crippen LogP contribution in [0.2, 0.25) is 0 Å². The summed E-state index contributed by atoms with van der Waals surface area (Å²) in [5.74, 6) is -3.18. The fraction of sp³-hybridized carbons (Fsp3) is 0.158. The summed E-state index contributed by atoms with van der Waals surface area (Å²) in [4.78, 5) is 58.6. The third-order valence-electron chi connectivity index (χ3n) is 8.45. The second-order valence-corrected chi connectivity index (χ2v) is 11.8. The van der Waals surface area contributed by atoms with E-state index in [-0.39, 0.29) is 39.2 Å². The molecule has 0 spiro atoms. The Hall–Kier alpha value is -7.00. The summed E-state index contributed by atoms with van der Waals surface area (Å²) in [6.45, 7) is -1.17. The molecule has 1 aliphatic rings. The molecule has 6 aromatic rings. The Morgan fingerprint density at radius 3 is 1.70 bits per heavy atom. The van der Waals surface area contributed by atoms with Gasteiger partial charge < -0.3 is 29.4 Å². The molecule has 0 amide bonds. The van der Waals surface area contributed by atoms with Crippen LogP contribution in [-0.4, -0.2) is 80.4 Å². The van der Waals surface area contributed by atoms with E-state index in [0.29, 0.717) is 0 Å². The molecule has 0 saturated carbocycles. The summed E-state index contributed by atoms with van der Waals surface area (Å²) < 4.78 is 31.9. The smallest absolute Gasteiger partial charge is 0.338 e. The van der Waals surface area contributed by atoms with Crippen molar-refractivity contribution in [2.45, 2.75) is 24.0 Å². The Morgan fingerprint density at radius 1 is 0.660 bits per heavy atom. The molecular weight excluding hydrogens is 684 g/mol. The number of imidazole rings is 1. The molecule has 1 saturated heterocycles. The Balaban J connectivity index is 1.36. The number of rotatable bonds is 11. The molecule has 53 heavy (non-hydrogen) atoms. The number of benzene rings is 4. The average molecular weight is 715 g/mol. The summed E-state index contributed by atoms with van der Waals surface area (Å²) >= 11 is 0.